The molecule has 0 spiro atoms. The molecule has 0 saturated carbocycles. The number of rotatable bonds is 2. The molecular weight excluding hydrogens is 272 g/mol. The molecule has 1 aromatic rings. The van der Waals surface area contributed by atoms with Gasteiger partial charge in [-0.15, -0.1) is 0 Å². The van der Waals surface area contributed by atoms with Gasteiger partial charge in [0.1, 0.15) is 10.4 Å². The Morgan fingerprint density at radius 3 is 2.88 bits per heavy atom. The molecule has 1 fully saturated rings. The molecule has 1 saturated heterocycles. The number of nitrogens with zero attached hydrogens (tertiary/aromatic N) is 3. The van der Waals surface area contributed by atoms with Gasteiger partial charge < -0.3 is 15.4 Å². The van der Waals surface area contributed by atoms with Crippen LogP contribution < -0.4 is 10.6 Å². The van der Waals surface area contributed by atoms with Crippen LogP contribution in [0.3, 0.4) is 0 Å². The minimum Gasteiger partial charge on any atom is -0.383 e. The second-order valence-electron chi connectivity index (χ2n) is 3.96. The first-order valence-electron chi connectivity index (χ1n) is 5.22. The van der Waals surface area contributed by atoms with Crippen molar-refractivity contribution in [2.24, 2.45) is 0 Å². The number of nitrogen functional groups attached to an aromatic ring is 1. The van der Waals surface area contributed by atoms with Gasteiger partial charge in [0.2, 0.25) is 5.95 Å². The van der Waals surface area contributed by atoms with E-state index in [0.717, 1.165) is 13.0 Å². The van der Waals surface area contributed by atoms with Crippen LogP contribution in [0.25, 0.3) is 0 Å². The van der Waals surface area contributed by atoms with E-state index in [1.807, 2.05) is 11.9 Å². The van der Waals surface area contributed by atoms with Crippen molar-refractivity contribution < 1.29 is 4.74 Å². The van der Waals surface area contributed by atoms with Crippen molar-refractivity contribution in [1.29, 1.82) is 0 Å². The van der Waals surface area contributed by atoms with Crippen molar-refractivity contribution in [2.75, 3.05) is 24.3 Å². The molecule has 2 heterocycles. The van der Waals surface area contributed by atoms with E-state index in [2.05, 4.69) is 32.8 Å². The van der Waals surface area contributed by atoms with Crippen molar-refractivity contribution in [1.82, 2.24) is 9.97 Å². The van der Waals surface area contributed by atoms with Crippen LogP contribution in [0.5, 0.6) is 0 Å². The van der Waals surface area contributed by atoms with E-state index < -0.39 is 0 Å². The zero-order chi connectivity index (χ0) is 11.7. The van der Waals surface area contributed by atoms with Crippen LogP contribution in [-0.4, -0.2) is 35.8 Å². The second kappa shape index (κ2) is 4.55. The highest BCUT2D eigenvalue weighted by Crippen LogP contribution is 2.23. The van der Waals surface area contributed by atoms with Crippen molar-refractivity contribution in [3.63, 3.8) is 0 Å². The van der Waals surface area contributed by atoms with E-state index in [4.69, 9.17) is 10.5 Å². The molecule has 0 aromatic carbocycles. The number of ether oxygens (including phenoxy) is 1. The first-order chi connectivity index (χ1) is 7.58. The van der Waals surface area contributed by atoms with Crippen LogP contribution in [0, 0.1) is 0 Å². The van der Waals surface area contributed by atoms with E-state index in [-0.39, 0.29) is 6.10 Å². The van der Waals surface area contributed by atoms with Crippen LogP contribution in [0.1, 0.15) is 13.3 Å². The van der Waals surface area contributed by atoms with Gasteiger partial charge in [-0.3, -0.25) is 0 Å². The summed E-state index contributed by atoms with van der Waals surface area (Å²) in [6.45, 7) is 2.86. The van der Waals surface area contributed by atoms with Gasteiger partial charge in [0.05, 0.1) is 12.1 Å². The maximum Gasteiger partial charge on any atom is 0.228 e. The number of anilines is 2. The summed E-state index contributed by atoms with van der Waals surface area (Å²) in [6, 6.07) is 2.00. The number of likely N-dealkylation sites (N-methyl/N-ethyl adjacent to an activating group) is 1. The summed E-state index contributed by atoms with van der Waals surface area (Å²) < 4.78 is 6.23. The summed E-state index contributed by atoms with van der Waals surface area (Å²) in [5.74, 6) is 1.10. The normalized spacial score (nSPS) is 24.7. The molecule has 0 bridgehead atoms. The van der Waals surface area contributed by atoms with Gasteiger partial charge in [-0.05, 0) is 29.3 Å². The Hall–Kier alpha value is -0.880. The summed E-state index contributed by atoms with van der Waals surface area (Å²) in [4.78, 5) is 10.6. The number of nitrogens with two attached hydrogens (primary N) is 1. The number of hydrogen-bond donors (Lipinski definition) is 1. The van der Waals surface area contributed by atoms with Gasteiger partial charge in [-0.2, -0.15) is 4.98 Å². The largest absolute Gasteiger partial charge is 0.383 e. The summed E-state index contributed by atoms with van der Waals surface area (Å²) in [7, 11) is 1.97. The van der Waals surface area contributed by atoms with Crippen LogP contribution in [0.15, 0.2) is 10.7 Å². The highest BCUT2D eigenvalue weighted by atomic mass is 79.9. The first-order valence-corrected chi connectivity index (χ1v) is 6.01. The first kappa shape index (κ1) is 11.6. The van der Waals surface area contributed by atoms with Crippen molar-refractivity contribution in [3.05, 3.63) is 10.7 Å². The maximum absolute atomic E-state index is 5.69. The fourth-order valence-electron chi connectivity index (χ4n) is 1.96. The summed E-state index contributed by atoms with van der Waals surface area (Å²) in [5.41, 5.74) is 5.69. The van der Waals surface area contributed by atoms with Crippen molar-refractivity contribution in [3.8, 4) is 0 Å². The lowest BCUT2D eigenvalue weighted by Gasteiger charge is -2.26. The lowest BCUT2D eigenvalue weighted by Crippen LogP contribution is -2.37. The lowest BCUT2D eigenvalue weighted by atomic mass is 10.1. The van der Waals surface area contributed by atoms with Crippen LogP contribution >= 0.6 is 15.9 Å². The summed E-state index contributed by atoms with van der Waals surface area (Å²) >= 11 is 3.32. The van der Waals surface area contributed by atoms with E-state index in [1.54, 1.807) is 6.07 Å². The average Bonchev–Trinajstić information content (AvgIpc) is 2.62. The number of hydrogen-bond acceptors (Lipinski definition) is 5. The van der Waals surface area contributed by atoms with Gasteiger partial charge in [0.25, 0.3) is 0 Å². The minimum absolute atomic E-state index is 0.203. The molecule has 0 amide bonds. The molecule has 1 aliphatic heterocycles. The Morgan fingerprint density at radius 2 is 2.31 bits per heavy atom. The quantitative estimate of drug-likeness (QED) is 0.834. The Morgan fingerprint density at radius 1 is 1.56 bits per heavy atom. The Bertz CT molecular complexity index is 367. The van der Waals surface area contributed by atoms with Crippen LogP contribution in [-0.2, 0) is 4.74 Å². The van der Waals surface area contributed by atoms with Crippen LogP contribution in [0.4, 0.5) is 11.8 Å². The number of halogens is 1. The molecule has 1 aliphatic rings. The highest BCUT2D eigenvalue weighted by molar-refractivity contribution is 9.10. The lowest BCUT2D eigenvalue weighted by molar-refractivity contribution is 0.118. The molecule has 88 valence electrons. The number of aromatic nitrogens is 2. The molecule has 2 rings (SSSR count). The maximum atomic E-state index is 5.69. The summed E-state index contributed by atoms with van der Waals surface area (Å²) in [5, 5.41) is 0. The zero-order valence-electron chi connectivity index (χ0n) is 9.35. The predicted octanol–water partition coefficient (Wildman–Crippen LogP) is 1.43. The zero-order valence-corrected chi connectivity index (χ0v) is 10.9. The van der Waals surface area contributed by atoms with E-state index >= 15 is 0 Å². The topological polar surface area (TPSA) is 64.3 Å². The molecular formula is C10H15BrN4O. The predicted molar refractivity (Wildman–Crippen MR) is 66.4 cm³/mol. The van der Waals surface area contributed by atoms with E-state index in [1.165, 1.54) is 0 Å². The molecule has 2 N–H and O–H groups in total. The fraction of sp³-hybridized carbons (Fsp3) is 0.600. The third kappa shape index (κ3) is 2.27. The van der Waals surface area contributed by atoms with Crippen molar-refractivity contribution in [2.45, 2.75) is 25.5 Å². The standard InChI is InChI=1S/C10H15BrN4O/c1-6-7(3-4-16-6)15(2)10-13-8(11)5-9(12)14-10/h5-7H,3-4H2,1-2H3,(H2,12,13,14). The minimum atomic E-state index is 0.203. The molecule has 16 heavy (non-hydrogen) atoms. The Kier molecular flexibility index (Phi) is 3.30. The molecule has 0 aliphatic carbocycles. The third-order valence-electron chi connectivity index (χ3n) is 2.85. The van der Waals surface area contributed by atoms with Gasteiger partial charge in [-0.25, -0.2) is 4.98 Å². The second-order valence-corrected chi connectivity index (χ2v) is 4.77. The molecule has 2 atom stereocenters. The van der Waals surface area contributed by atoms with Crippen molar-refractivity contribution >= 4 is 27.7 Å². The molecule has 0 radical (unpaired) electrons. The van der Waals surface area contributed by atoms with Gasteiger partial charge in [-0.1, -0.05) is 0 Å². The van der Waals surface area contributed by atoms with Crippen LogP contribution in [0.2, 0.25) is 0 Å². The fourth-order valence-corrected chi connectivity index (χ4v) is 2.35. The van der Waals surface area contributed by atoms with Gasteiger partial charge in [0.15, 0.2) is 0 Å². The summed E-state index contributed by atoms with van der Waals surface area (Å²) in [6.07, 6.45) is 1.20. The SMILES string of the molecule is CC1OCCC1N(C)c1nc(N)cc(Br)n1. The molecule has 5 nitrogen and oxygen atoms in total. The Labute approximate surface area is 103 Å². The monoisotopic (exact) mass is 286 g/mol. The third-order valence-corrected chi connectivity index (χ3v) is 3.26. The smallest absolute Gasteiger partial charge is 0.228 e. The van der Waals surface area contributed by atoms with Gasteiger partial charge >= 0.3 is 0 Å². The average molecular weight is 287 g/mol. The highest BCUT2D eigenvalue weighted by Gasteiger charge is 2.29. The molecule has 6 heteroatoms. The van der Waals surface area contributed by atoms with E-state index in [9.17, 15) is 0 Å². The molecule has 1 aromatic heterocycles. The van der Waals surface area contributed by atoms with E-state index in [0.29, 0.717) is 22.4 Å². The van der Waals surface area contributed by atoms with Gasteiger partial charge in [0, 0.05) is 19.7 Å². The molecule has 2 unspecified atom stereocenters. The Balaban J connectivity index is 2.22.